The van der Waals surface area contributed by atoms with Gasteiger partial charge < -0.3 is 10.6 Å². The molecule has 20 heavy (non-hydrogen) atoms. The van der Waals surface area contributed by atoms with Crippen LogP contribution in [0, 0.1) is 22.7 Å². The van der Waals surface area contributed by atoms with Crippen molar-refractivity contribution in [2.24, 2.45) is 28.4 Å². The van der Waals surface area contributed by atoms with Crippen LogP contribution in [-0.4, -0.2) is 29.9 Å². The molecule has 0 aromatic rings. The fourth-order valence-electron chi connectivity index (χ4n) is 6.41. The molecule has 2 unspecified atom stereocenters. The topological polar surface area (TPSA) is 46.3 Å². The van der Waals surface area contributed by atoms with Gasteiger partial charge in [-0.3, -0.25) is 4.79 Å². The lowest BCUT2D eigenvalue weighted by atomic mass is 9.44. The molecule has 0 radical (unpaired) electrons. The molecule has 3 nitrogen and oxygen atoms in total. The summed E-state index contributed by atoms with van der Waals surface area (Å²) in [4.78, 5) is 15.3. The third-order valence-corrected chi connectivity index (χ3v) is 6.63. The first-order valence-corrected chi connectivity index (χ1v) is 8.53. The van der Waals surface area contributed by atoms with Crippen LogP contribution >= 0.6 is 0 Å². The van der Waals surface area contributed by atoms with Gasteiger partial charge >= 0.3 is 0 Å². The van der Waals surface area contributed by atoms with E-state index in [1.54, 1.807) is 0 Å². The number of carbonyl (C=O) groups is 1. The summed E-state index contributed by atoms with van der Waals surface area (Å²) in [6.07, 6.45) is 9.66. The van der Waals surface area contributed by atoms with Crippen molar-refractivity contribution >= 4 is 5.91 Å². The van der Waals surface area contributed by atoms with Crippen LogP contribution in [0.4, 0.5) is 0 Å². The normalized spacial score (nSPS) is 47.8. The molecule has 2 N–H and O–H groups in total. The number of likely N-dealkylation sites (tertiary alicyclic amines) is 1. The molecular formula is C17H28N2O. The minimum atomic E-state index is 0.0142. The maximum atomic E-state index is 13.2. The van der Waals surface area contributed by atoms with Crippen LogP contribution in [0.25, 0.3) is 0 Å². The van der Waals surface area contributed by atoms with E-state index >= 15 is 0 Å². The van der Waals surface area contributed by atoms with Crippen molar-refractivity contribution in [3.63, 3.8) is 0 Å². The zero-order valence-corrected chi connectivity index (χ0v) is 12.7. The standard InChI is InChI=1S/C17H28N2O/c1-16-7-12-6-13(8-16)10-17(9-12,11-16)15(20)19-4-2-14(18)3-5-19/h12-14H,2-11,18H2,1H3. The van der Waals surface area contributed by atoms with E-state index in [-0.39, 0.29) is 5.41 Å². The van der Waals surface area contributed by atoms with E-state index < -0.39 is 0 Å². The van der Waals surface area contributed by atoms with E-state index in [1.165, 1.54) is 32.1 Å². The second-order valence-corrected chi connectivity index (χ2v) is 8.68. The highest BCUT2D eigenvalue weighted by atomic mass is 16.2. The molecule has 1 saturated heterocycles. The molecule has 4 aliphatic carbocycles. The van der Waals surface area contributed by atoms with Crippen LogP contribution < -0.4 is 5.73 Å². The number of rotatable bonds is 1. The minimum absolute atomic E-state index is 0.0142. The van der Waals surface area contributed by atoms with E-state index in [0.29, 0.717) is 17.4 Å². The summed E-state index contributed by atoms with van der Waals surface area (Å²) in [6, 6.07) is 0.313. The Hall–Kier alpha value is -0.570. The minimum Gasteiger partial charge on any atom is -0.342 e. The number of carbonyl (C=O) groups excluding carboxylic acids is 1. The smallest absolute Gasteiger partial charge is 0.228 e. The molecule has 0 spiro atoms. The predicted molar refractivity (Wildman–Crippen MR) is 79.0 cm³/mol. The second-order valence-electron chi connectivity index (χ2n) is 8.68. The first-order valence-electron chi connectivity index (χ1n) is 8.53. The molecule has 5 aliphatic rings. The average Bonchev–Trinajstić information content (AvgIpc) is 2.36. The summed E-state index contributed by atoms with van der Waals surface area (Å²) in [5.74, 6) is 2.15. The van der Waals surface area contributed by atoms with Crippen LogP contribution in [0.3, 0.4) is 0 Å². The SMILES string of the molecule is CC12CC3CC(C1)CC(C(=O)N1CCC(N)CC1)(C3)C2. The largest absolute Gasteiger partial charge is 0.342 e. The van der Waals surface area contributed by atoms with Gasteiger partial charge in [0.25, 0.3) is 0 Å². The number of nitrogens with two attached hydrogens (primary N) is 1. The molecule has 5 rings (SSSR count). The van der Waals surface area contributed by atoms with Gasteiger partial charge in [-0.1, -0.05) is 6.92 Å². The number of piperidine rings is 1. The van der Waals surface area contributed by atoms with E-state index in [9.17, 15) is 4.79 Å². The monoisotopic (exact) mass is 276 g/mol. The van der Waals surface area contributed by atoms with E-state index in [1.807, 2.05) is 0 Å². The number of hydrogen-bond donors (Lipinski definition) is 1. The summed E-state index contributed by atoms with van der Waals surface area (Å²) in [7, 11) is 0. The quantitative estimate of drug-likeness (QED) is 0.800. The molecule has 2 atom stereocenters. The van der Waals surface area contributed by atoms with Crippen molar-refractivity contribution in [1.29, 1.82) is 0 Å². The number of hydrogen-bond acceptors (Lipinski definition) is 2. The van der Waals surface area contributed by atoms with Crippen molar-refractivity contribution in [3.05, 3.63) is 0 Å². The Morgan fingerprint density at radius 2 is 1.70 bits per heavy atom. The molecule has 3 heteroatoms. The van der Waals surface area contributed by atoms with Crippen LogP contribution in [0.15, 0.2) is 0 Å². The number of amides is 1. The van der Waals surface area contributed by atoms with E-state index in [4.69, 9.17) is 5.73 Å². The zero-order valence-electron chi connectivity index (χ0n) is 12.7. The highest BCUT2D eigenvalue weighted by Crippen LogP contribution is 2.65. The lowest BCUT2D eigenvalue weighted by molar-refractivity contribution is -0.167. The lowest BCUT2D eigenvalue weighted by Gasteiger charge is -2.61. The Morgan fingerprint density at radius 3 is 2.25 bits per heavy atom. The van der Waals surface area contributed by atoms with Crippen molar-refractivity contribution < 1.29 is 4.79 Å². The molecule has 1 aliphatic heterocycles. The summed E-state index contributed by atoms with van der Waals surface area (Å²) in [5.41, 5.74) is 6.46. The molecule has 0 aromatic carbocycles. The summed E-state index contributed by atoms with van der Waals surface area (Å²) >= 11 is 0. The molecule has 1 amide bonds. The molecule has 4 saturated carbocycles. The Labute approximate surface area is 122 Å². The van der Waals surface area contributed by atoms with Gasteiger partial charge in [-0.25, -0.2) is 0 Å². The van der Waals surface area contributed by atoms with Gasteiger partial charge in [-0.15, -0.1) is 0 Å². The van der Waals surface area contributed by atoms with Crippen molar-refractivity contribution in [2.75, 3.05) is 13.1 Å². The highest BCUT2D eigenvalue weighted by molar-refractivity contribution is 5.83. The van der Waals surface area contributed by atoms with Gasteiger partial charge in [0.15, 0.2) is 0 Å². The van der Waals surface area contributed by atoms with Crippen LogP contribution in [0.5, 0.6) is 0 Å². The number of nitrogens with zero attached hydrogens (tertiary/aromatic N) is 1. The molecule has 112 valence electrons. The summed E-state index contributed by atoms with van der Waals surface area (Å²) in [6.45, 7) is 4.24. The molecule has 4 bridgehead atoms. The fraction of sp³-hybridized carbons (Fsp3) is 0.941. The summed E-state index contributed by atoms with van der Waals surface area (Å²) in [5, 5.41) is 0. The van der Waals surface area contributed by atoms with E-state index in [2.05, 4.69) is 11.8 Å². The molecule has 1 heterocycles. The Bertz CT molecular complexity index is 411. The van der Waals surface area contributed by atoms with Crippen molar-refractivity contribution in [3.8, 4) is 0 Å². The first-order chi connectivity index (χ1) is 9.48. The van der Waals surface area contributed by atoms with Gasteiger partial charge in [0.1, 0.15) is 0 Å². The molecule has 5 fully saturated rings. The van der Waals surface area contributed by atoms with Crippen LogP contribution in [-0.2, 0) is 4.79 Å². The Kier molecular flexibility index (Phi) is 2.77. The van der Waals surface area contributed by atoms with Gasteiger partial charge in [0, 0.05) is 19.1 Å². The zero-order chi connectivity index (χ0) is 14.0. The first kappa shape index (κ1) is 13.1. The second kappa shape index (κ2) is 4.22. The fourth-order valence-corrected chi connectivity index (χ4v) is 6.41. The molecular weight excluding hydrogens is 248 g/mol. The third kappa shape index (κ3) is 1.93. The van der Waals surface area contributed by atoms with Gasteiger partial charge in [0.05, 0.1) is 5.41 Å². The van der Waals surface area contributed by atoms with Gasteiger partial charge in [-0.2, -0.15) is 0 Å². The van der Waals surface area contributed by atoms with Gasteiger partial charge in [-0.05, 0) is 68.6 Å². The van der Waals surface area contributed by atoms with Gasteiger partial charge in [0.2, 0.25) is 5.91 Å². The van der Waals surface area contributed by atoms with Crippen molar-refractivity contribution in [2.45, 2.75) is 64.3 Å². The maximum absolute atomic E-state index is 13.2. The Morgan fingerprint density at radius 1 is 1.10 bits per heavy atom. The van der Waals surface area contributed by atoms with Crippen LogP contribution in [0.2, 0.25) is 0 Å². The average molecular weight is 276 g/mol. The van der Waals surface area contributed by atoms with Crippen LogP contribution in [0.1, 0.15) is 58.3 Å². The third-order valence-electron chi connectivity index (χ3n) is 6.63. The van der Waals surface area contributed by atoms with Crippen molar-refractivity contribution in [1.82, 2.24) is 4.90 Å². The molecule has 0 aromatic heterocycles. The predicted octanol–water partition coefficient (Wildman–Crippen LogP) is 2.54. The van der Waals surface area contributed by atoms with E-state index in [0.717, 1.165) is 44.2 Å². The highest BCUT2D eigenvalue weighted by Gasteiger charge is 2.59. The maximum Gasteiger partial charge on any atom is 0.228 e. The lowest BCUT2D eigenvalue weighted by Crippen LogP contribution is -2.58. The summed E-state index contributed by atoms with van der Waals surface area (Å²) < 4.78 is 0. The Balaban J connectivity index is 1.56.